The molecule has 2 aromatic rings. The van der Waals surface area contributed by atoms with Crippen LogP contribution in [0.1, 0.15) is 18.2 Å². The number of anilines is 1. The van der Waals surface area contributed by atoms with E-state index in [1.807, 2.05) is 45.2 Å². The van der Waals surface area contributed by atoms with Gasteiger partial charge in [0, 0.05) is 12.7 Å². The summed E-state index contributed by atoms with van der Waals surface area (Å²) in [7, 11) is 1.83. The molecule has 2 rings (SSSR count). The smallest absolute Gasteiger partial charge is 0.237 e. The summed E-state index contributed by atoms with van der Waals surface area (Å²) in [5.74, 6) is -0.0702. The largest absolute Gasteiger partial charge is 0.390 e. The molecule has 0 fully saturated rings. The molecule has 112 valence electrons. The standard InChI is InChI=1S/C15H19N3O2S/c1-10-5-4-6-12(7-10)17-14(20)11(2)21-15-16-8-13(9-19)18(15)3/h4-8,11,19H,9H2,1-3H3,(H,17,20). The average molecular weight is 305 g/mol. The van der Waals surface area contributed by atoms with Gasteiger partial charge in [0.1, 0.15) is 0 Å². The Labute approximate surface area is 128 Å². The van der Waals surface area contributed by atoms with Crippen LogP contribution >= 0.6 is 11.8 Å². The lowest BCUT2D eigenvalue weighted by molar-refractivity contribution is -0.115. The van der Waals surface area contributed by atoms with Crippen LogP contribution in [0.15, 0.2) is 35.6 Å². The van der Waals surface area contributed by atoms with Crippen molar-refractivity contribution in [2.24, 2.45) is 7.05 Å². The van der Waals surface area contributed by atoms with Crippen LogP contribution in [0.3, 0.4) is 0 Å². The number of rotatable bonds is 5. The first-order valence-electron chi connectivity index (χ1n) is 6.67. The van der Waals surface area contributed by atoms with E-state index in [1.54, 1.807) is 10.8 Å². The summed E-state index contributed by atoms with van der Waals surface area (Å²) < 4.78 is 1.79. The van der Waals surface area contributed by atoms with Crippen molar-refractivity contribution < 1.29 is 9.90 Å². The van der Waals surface area contributed by atoms with Gasteiger partial charge in [-0.3, -0.25) is 4.79 Å². The van der Waals surface area contributed by atoms with E-state index < -0.39 is 0 Å². The third-order valence-corrected chi connectivity index (χ3v) is 4.30. The van der Waals surface area contributed by atoms with Gasteiger partial charge in [-0.2, -0.15) is 0 Å². The molecule has 5 nitrogen and oxygen atoms in total. The molecule has 1 heterocycles. The normalized spacial score (nSPS) is 12.2. The van der Waals surface area contributed by atoms with Gasteiger partial charge in [0.05, 0.1) is 23.7 Å². The third kappa shape index (κ3) is 3.86. The van der Waals surface area contributed by atoms with Gasteiger partial charge in [-0.05, 0) is 31.5 Å². The number of carbonyl (C=O) groups excluding carboxylic acids is 1. The molecular weight excluding hydrogens is 286 g/mol. The number of aliphatic hydroxyl groups is 1. The second-order valence-corrected chi connectivity index (χ2v) is 6.18. The molecular formula is C15H19N3O2S. The van der Waals surface area contributed by atoms with Crippen molar-refractivity contribution in [1.82, 2.24) is 9.55 Å². The number of carbonyl (C=O) groups is 1. The van der Waals surface area contributed by atoms with Crippen molar-refractivity contribution in [3.63, 3.8) is 0 Å². The molecule has 0 spiro atoms. The number of aryl methyl sites for hydroxylation is 1. The second kappa shape index (κ2) is 6.78. The quantitative estimate of drug-likeness (QED) is 0.832. The molecule has 6 heteroatoms. The van der Waals surface area contributed by atoms with Crippen LogP contribution in [-0.2, 0) is 18.4 Å². The molecule has 0 aliphatic carbocycles. The van der Waals surface area contributed by atoms with Crippen LogP contribution in [0.5, 0.6) is 0 Å². The van der Waals surface area contributed by atoms with Crippen LogP contribution in [-0.4, -0.2) is 25.8 Å². The maximum atomic E-state index is 12.2. The van der Waals surface area contributed by atoms with E-state index >= 15 is 0 Å². The number of aromatic nitrogens is 2. The van der Waals surface area contributed by atoms with Crippen molar-refractivity contribution in [3.05, 3.63) is 41.7 Å². The van der Waals surface area contributed by atoms with Crippen molar-refractivity contribution in [1.29, 1.82) is 0 Å². The minimum Gasteiger partial charge on any atom is -0.390 e. The lowest BCUT2D eigenvalue weighted by atomic mass is 10.2. The highest BCUT2D eigenvalue weighted by Crippen LogP contribution is 2.23. The predicted octanol–water partition coefficient (Wildman–Crippen LogP) is 2.34. The van der Waals surface area contributed by atoms with E-state index in [4.69, 9.17) is 5.11 Å². The van der Waals surface area contributed by atoms with Gasteiger partial charge in [0.15, 0.2) is 5.16 Å². The van der Waals surface area contributed by atoms with Crippen molar-refractivity contribution in [3.8, 4) is 0 Å². The van der Waals surface area contributed by atoms with E-state index in [9.17, 15) is 4.79 Å². The fraction of sp³-hybridized carbons (Fsp3) is 0.333. The highest BCUT2D eigenvalue weighted by molar-refractivity contribution is 8.00. The molecule has 0 radical (unpaired) electrons. The maximum absolute atomic E-state index is 12.2. The Morgan fingerprint density at radius 1 is 1.52 bits per heavy atom. The summed E-state index contributed by atoms with van der Waals surface area (Å²) in [6.07, 6.45) is 1.62. The van der Waals surface area contributed by atoms with E-state index in [-0.39, 0.29) is 17.8 Å². The molecule has 1 aromatic heterocycles. The fourth-order valence-electron chi connectivity index (χ4n) is 1.86. The monoisotopic (exact) mass is 305 g/mol. The number of imidazole rings is 1. The van der Waals surface area contributed by atoms with E-state index in [0.717, 1.165) is 16.9 Å². The zero-order chi connectivity index (χ0) is 15.4. The van der Waals surface area contributed by atoms with E-state index in [2.05, 4.69) is 10.3 Å². The molecule has 0 aliphatic rings. The van der Waals surface area contributed by atoms with Crippen molar-refractivity contribution in [2.45, 2.75) is 30.9 Å². The Morgan fingerprint density at radius 2 is 2.29 bits per heavy atom. The highest BCUT2D eigenvalue weighted by atomic mass is 32.2. The van der Waals surface area contributed by atoms with Gasteiger partial charge >= 0.3 is 0 Å². The van der Waals surface area contributed by atoms with E-state index in [1.165, 1.54) is 11.8 Å². The number of hydrogen-bond acceptors (Lipinski definition) is 4. The van der Waals surface area contributed by atoms with Gasteiger partial charge in [0.2, 0.25) is 5.91 Å². The molecule has 0 aliphatic heterocycles. The third-order valence-electron chi connectivity index (χ3n) is 3.14. The summed E-state index contributed by atoms with van der Waals surface area (Å²) in [5.41, 5.74) is 2.62. The zero-order valence-corrected chi connectivity index (χ0v) is 13.1. The van der Waals surface area contributed by atoms with Crippen LogP contribution in [0.4, 0.5) is 5.69 Å². The topological polar surface area (TPSA) is 67.2 Å². The number of amides is 1. The van der Waals surface area contributed by atoms with Crippen LogP contribution < -0.4 is 5.32 Å². The zero-order valence-electron chi connectivity index (χ0n) is 12.3. The maximum Gasteiger partial charge on any atom is 0.237 e. The first kappa shape index (κ1) is 15.6. The van der Waals surface area contributed by atoms with Gasteiger partial charge in [-0.25, -0.2) is 4.98 Å². The molecule has 0 saturated carbocycles. The van der Waals surface area contributed by atoms with Crippen LogP contribution in [0, 0.1) is 6.92 Å². The van der Waals surface area contributed by atoms with Crippen LogP contribution in [0.2, 0.25) is 0 Å². The molecule has 2 N–H and O–H groups in total. The molecule has 21 heavy (non-hydrogen) atoms. The predicted molar refractivity (Wildman–Crippen MR) is 84.3 cm³/mol. The Hall–Kier alpha value is -1.79. The summed E-state index contributed by atoms with van der Waals surface area (Å²) in [6, 6.07) is 7.69. The summed E-state index contributed by atoms with van der Waals surface area (Å²) in [6.45, 7) is 3.76. The van der Waals surface area contributed by atoms with E-state index in [0.29, 0.717) is 5.16 Å². The summed E-state index contributed by atoms with van der Waals surface area (Å²) in [4.78, 5) is 16.4. The number of benzene rings is 1. The summed E-state index contributed by atoms with van der Waals surface area (Å²) in [5, 5.41) is 12.5. The SMILES string of the molecule is Cc1cccc(NC(=O)C(C)Sc2ncc(CO)n2C)c1. The second-order valence-electron chi connectivity index (χ2n) is 4.87. The lowest BCUT2D eigenvalue weighted by Gasteiger charge is -2.12. The Balaban J connectivity index is 2.01. The first-order chi connectivity index (χ1) is 10.0. The highest BCUT2D eigenvalue weighted by Gasteiger charge is 2.18. The van der Waals surface area contributed by atoms with Gasteiger partial charge in [-0.15, -0.1) is 0 Å². The van der Waals surface area contributed by atoms with Crippen molar-refractivity contribution in [2.75, 3.05) is 5.32 Å². The first-order valence-corrected chi connectivity index (χ1v) is 7.55. The Bertz CT molecular complexity index is 640. The van der Waals surface area contributed by atoms with Gasteiger partial charge in [0.25, 0.3) is 0 Å². The lowest BCUT2D eigenvalue weighted by Crippen LogP contribution is -2.22. The number of aliphatic hydroxyl groups excluding tert-OH is 1. The molecule has 0 bridgehead atoms. The minimum absolute atomic E-state index is 0.0616. The minimum atomic E-state index is -0.279. The Morgan fingerprint density at radius 3 is 2.90 bits per heavy atom. The van der Waals surface area contributed by atoms with Gasteiger partial charge < -0.3 is 15.0 Å². The molecule has 1 atom stereocenters. The average Bonchev–Trinajstić information content (AvgIpc) is 2.79. The molecule has 0 saturated heterocycles. The molecule has 1 aromatic carbocycles. The number of nitrogens with zero attached hydrogens (tertiary/aromatic N) is 2. The molecule has 1 amide bonds. The number of thioether (sulfide) groups is 1. The van der Waals surface area contributed by atoms with Gasteiger partial charge in [-0.1, -0.05) is 23.9 Å². The summed E-state index contributed by atoms with van der Waals surface area (Å²) >= 11 is 1.37. The molecule has 1 unspecified atom stereocenters. The number of hydrogen-bond donors (Lipinski definition) is 2. The number of nitrogens with one attached hydrogen (secondary N) is 1. The fourth-order valence-corrected chi connectivity index (χ4v) is 2.73. The van der Waals surface area contributed by atoms with Crippen LogP contribution in [0.25, 0.3) is 0 Å². The van der Waals surface area contributed by atoms with Crippen molar-refractivity contribution >= 4 is 23.4 Å². The Kier molecular flexibility index (Phi) is 5.03.